The molecule has 0 aliphatic rings. The largest absolute Gasteiger partial charge is 0.461 e. The van der Waals surface area contributed by atoms with Crippen molar-refractivity contribution in [1.29, 1.82) is 0 Å². The molecule has 0 bridgehead atoms. The van der Waals surface area contributed by atoms with Gasteiger partial charge in [0.25, 0.3) is 5.91 Å². The molecule has 2 rings (SSSR count). The molecule has 0 unspecified atom stereocenters. The fraction of sp³-hybridized carbons (Fsp3) is 0.167. The van der Waals surface area contributed by atoms with Gasteiger partial charge in [-0.25, -0.2) is 4.79 Å². The lowest BCUT2D eigenvalue weighted by Gasteiger charge is -2.01. The summed E-state index contributed by atoms with van der Waals surface area (Å²) in [6.45, 7) is 1.95. The van der Waals surface area contributed by atoms with Gasteiger partial charge >= 0.3 is 5.97 Å². The van der Waals surface area contributed by atoms with Crippen LogP contribution in [-0.4, -0.2) is 28.7 Å². The molecule has 0 spiro atoms. The smallest absolute Gasteiger partial charge is 0.369 e. The van der Waals surface area contributed by atoms with Gasteiger partial charge in [0, 0.05) is 10.5 Å². The van der Waals surface area contributed by atoms with Crippen LogP contribution in [-0.2, 0) is 4.74 Å². The Hall–Kier alpha value is -1.97. The van der Waals surface area contributed by atoms with Crippen molar-refractivity contribution in [3.63, 3.8) is 0 Å². The van der Waals surface area contributed by atoms with Gasteiger partial charge in [0.15, 0.2) is 0 Å². The molecule has 1 aromatic carbocycles. The maximum atomic E-state index is 12.0. The van der Waals surface area contributed by atoms with E-state index in [0.717, 1.165) is 28.2 Å². The second-order valence-electron chi connectivity index (χ2n) is 3.73. The highest BCUT2D eigenvalue weighted by atomic mass is 32.2. The molecule has 7 nitrogen and oxygen atoms in total. The van der Waals surface area contributed by atoms with E-state index in [1.165, 1.54) is 0 Å². The summed E-state index contributed by atoms with van der Waals surface area (Å²) in [6, 6.07) is 6.78. The molecule has 1 aromatic heterocycles. The number of anilines is 1. The fourth-order valence-corrected chi connectivity index (χ4v) is 2.33. The van der Waals surface area contributed by atoms with Gasteiger partial charge in [0.2, 0.25) is 10.1 Å². The first-order chi connectivity index (χ1) is 10.1. The number of nitrogens with one attached hydrogen (secondary N) is 1. The third-order valence-corrected chi connectivity index (χ3v) is 3.71. The number of carbonyl (C=O) groups is 2. The van der Waals surface area contributed by atoms with E-state index in [2.05, 4.69) is 15.5 Å². The van der Waals surface area contributed by atoms with E-state index in [9.17, 15) is 9.59 Å². The van der Waals surface area contributed by atoms with Crippen LogP contribution in [0.2, 0.25) is 0 Å². The molecule has 110 valence electrons. The van der Waals surface area contributed by atoms with Gasteiger partial charge in [0.05, 0.1) is 6.61 Å². The zero-order valence-corrected chi connectivity index (χ0v) is 12.7. The Balaban J connectivity index is 2.03. The van der Waals surface area contributed by atoms with Crippen LogP contribution in [0.1, 0.15) is 27.1 Å². The van der Waals surface area contributed by atoms with Crippen LogP contribution in [0.25, 0.3) is 0 Å². The van der Waals surface area contributed by atoms with Crippen molar-refractivity contribution < 1.29 is 14.3 Å². The number of aromatic nitrogens is 2. The van der Waals surface area contributed by atoms with Gasteiger partial charge in [-0.1, -0.05) is 11.3 Å². The second-order valence-corrected chi connectivity index (χ2v) is 5.41. The Bertz CT molecular complexity index is 642. The van der Waals surface area contributed by atoms with Crippen molar-refractivity contribution in [3.8, 4) is 0 Å². The lowest BCUT2D eigenvalue weighted by molar-refractivity contribution is 0.0525. The normalized spacial score (nSPS) is 10.2. The number of ether oxygens (including phenoxy) is 1. The summed E-state index contributed by atoms with van der Waals surface area (Å²) in [5.41, 5.74) is 0.459. The van der Waals surface area contributed by atoms with Crippen molar-refractivity contribution in [3.05, 3.63) is 34.8 Å². The SMILES string of the molecule is CCOC(=O)c1nnc(NC(=O)c2ccc(SN)cc2)s1. The fourth-order valence-electron chi connectivity index (χ4n) is 1.40. The number of nitrogens with zero attached hydrogens (tertiary/aromatic N) is 2. The summed E-state index contributed by atoms with van der Waals surface area (Å²) in [6.07, 6.45) is 0. The van der Waals surface area contributed by atoms with Gasteiger partial charge in [-0.05, 0) is 43.1 Å². The molecule has 9 heteroatoms. The number of hydrogen-bond donors (Lipinski definition) is 2. The molecule has 0 saturated heterocycles. The zero-order chi connectivity index (χ0) is 15.2. The number of benzene rings is 1. The summed E-state index contributed by atoms with van der Waals surface area (Å²) >= 11 is 2.06. The summed E-state index contributed by atoms with van der Waals surface area (Å²) in [5, 5.41) is 15.7. The molecular weight excluding hydrogens is 312 g/mol. The third kappa shape index (κ3) is 4.00. The Morgan fingerprint density at radius 2 is 2.05 bits per heavy atom. The summed E-state index contributed by atoms with van der Waals surface area (Å²) in [7, 11) is 0. The van der Waals surface area contributed by atoms with E-state index in [1.807, 2.05) is 0 Å². The topological polar surface area (TPSA) is 107 Å². The Kier molecular flexibility index (Phi) is 5.26. The van der Waals surface area contributed by atoms with E-state index in [4.69, 9.17) is 9.88 Å². The van der Waals surface area contributed by atoms with Gasteiger partial charge in [-0.3, -0.25) is 15.3 Å². The van der Waals surface area contributed by atoms with Crippen molar-refractivity contribution in [1.82, 2.24) is 10.2 Å². The predicted octanol–water partition coefficient (Wildman–Crippen LogP) is 1.93. The lowest BCUT2D eigenvalue weighted by Crippen LogP contribution is -2.11. The van der Waals surface area contributed by atoms with E-state index in [0.29, 0.717) is 5.56 Å². The van der Waals surface area contributed by atoms with Crippen LogP contribution in [0.15, 0.2) is 29.2 Å². The Morgan fingerprint density at radius 3 is 2.67 bits per heavy atom. The van der Waals surface area contributed by atoms with E-state index in [1.54, 1.807) is 31.2 Å². The van der Waals surface area contributed by atoms with Crippen LogP contribution >= 0.6 is 23.3 Å². The first-order valence-corrected chi connectivity index (χ1v) is 7.62. The van der Waals surface area contributed by atoms with Crippen molar-refractivity contribution in [2.75, 3.05) is 11.9 Å². The van der Waals surface area contributed by atoms with Gasteiger partial charge in [-0.2, -0.15) is 0 Å². The summed E-state index contributed by atoms with van der Waals surface area (Å²) in [4.78, 5) is 24.3. The number of nitrogens with two attached hydrogens (primary N) is 1. The molecule has 0 aliphatic carbocycles. The van der Waals surface area contributed by atoms with E-state index in [-0.39, 0.29) is 22.7 Å². The number of hydrogen-bond acceptors (Lipinski definition) is 8. The van der Waals surface area contributed by atoms with Crippen LogP contribution in [0, 0.1) is 0 Å². The highest BCUT2D eigenvalue weighted by Gasteiger charge is 2.15. The first kappa shape index (κ1) is 15.4. The monoisotopic (exact) mass is 324 g/mol. The molecule has 3 N–H and O–H groups in total. The molecule has 0 fully saturated rings. The molecule has 0 aliphatic heterocycles. The quantitative estimate of drug-likeness (QED) is 0.639. The average molecular weight is 324 g/mol. The Labute approximate surface area is 129 Å². The molecule has 0 atom stereocenters. The van der Waals surface area contributed by atoms with Crippen LogP contribution in [0.4, 0.5) is 5.13 Å². The van der Waals surface area contributed by atoms with E-state index < -0.39 is 5.97 Å². The number of esters is 1. The van der Waals surface area contributed by atoms with Gasteiger partial charge in [-0.15, -0.1) is 10.2 Å². The molecule has 1 heterocycles. The standard InChI is InChI=1S/C12H12N4O3S2/c1-2-19-11(18)10-15-16-12(20-10)14-9(17)7-3-5-8(21-13)6-4-7/h3-6H,2,13H2,1H3,(H,14,16,17). The summed E-state index contributed by atoms with van der Waals surface area (Å²) in [5.74, 6) is -0.894. The maximum absolute atomic E-state index is 12.0. The second kappa shape index (κ2) is 7.16. The minimum atomic E-state index is -0.556. The summed E-state index contributed by atoms with van der Waals surface area (Å²) < 4.78 is 4.80. The van der Waals surface area contributed by atoms with Crippen molar-refractivity contribution in [2.45, 2.75) is 11.8 Å². The molecule has 0 radical (unpaired) electrons. The zero-order valence-electron chi connectivity index (χ0n) is 11.0. The minimum absolute atomic E-state index is 0.0991. The van der Waals surface area contributed by atoms with Crippen molar-refractivity contribution >= 4 is 40.3 Å². The van der Waals surface area contributed by atoms with Crippen LogP contribution in [0.5, 0.6) is 0 Å². The molecule has 21 heavy (non-hydrogen) atoms. The maximum Gasteiger partial charge on any atom is 0.369 e. The van der Waals surface area contributed by atoms with Gasteiger partial charge in [0.1, 0.15) is 0 Å². The van der Waals surface area contributed by atoms with Crippen molar-refractivity contribution in [2.24, 2.45) is 5.14 Å². The van der Waals surface area contributed by atoms with E-state index >= 15 is 0 Å². The van der Waals surface area contributed by atoms with Gasteiger partial charge < -0.3 is 4.74 Å². The third-order valence-electron chi connectivity index (χ3n) is 2.35. The number of carbonyl (C=O) groups excluding carboxylic acids is 2. The average Bonchev–Trinajstić information content (AvgIpc) is 2.96. The molecular formula is C12H12N4O3S2. The number of amides is 1. The predicted molar refractivity (Wildman–Crippen MR) is 80.3 cm³/mol. The lowest BCUT2D eigenvalue weighted by atomic mass is 10.2. The molecule has 1 amide bonds. The minimum Gasteiger partial charge on any atom is -0.461 e. The molecule has 0 saturated carbocycles. The molecule has 2 aromatic rings. The van der Waals surface area contributed by atoms with Crippen LogP contribution < -0.4 is 10.5 Å². The Morgan fingerprint density at radius 1 is 1.33 bits per heavy atom. The highest BCUT2D eigenvalue weighted by Crippen LogP contribution is 2.18. The number of rotatable bonds is 5. The highest BCUT2D eigenvalue weighted by molar-refractivity contribution is 7.97. The first-order valence-electron chi connectivity index (χ1n) is 5.92. The van der Waals surface area contributed by atoms with Crippen LogP contribution in [0.3, 0.4) is 0 Å².